The molecular weight excluding hydrogens is 382 g/mol. The Bertz CT molecular complexity index is 1270. The van der Waals surface area contributed by atoms with Crippen LogP contribution in [0.5, 0.6) is 0 Å². The van der Waals surface area contributed by atoms with E-state index in [2.05, 4.69) is 9.55 Å². The Morgan fingerprint density at radius 2 is 1.72 bits per heavy atom. The number of fused-ring (bicyclic) bond motifs is 1. The maximum absolute atomic E-state index is 12.9. The van der Waals surface area contributed by atoms with E-state index in [-0.39, 0.29) is 17.1 Å². The Hall–Kier alpha value is -3.12. The number of carbonyl (C=O) groups is 1. The van der Waals surface area contributed by atoms with Gasteiger partial charge in [-0.1, -0.05) is 42.1 Å². The van der Waals surface area contributed by atoms with E-state index in [0.717, 1.165) is 17.1 Å². The Kier molecular flexibility index (Phi) is 5.11. The molecule has 0 saturated heterocycles. The number of para-hydroxylation sites is 2. The molecule has 0 radical (unpaired) electrons. The smallest absolute Gasteiger partial charge is 0.261 e. The first-order chi connectivity index (χ1) is 14.0. The summed E-state index contributed by atoms with van der Waals surface area (Å²) < 4.78 is 3.59. The van der Waals surface area contributed by atoms with Crippen molar-refractivity contribution in [2.45, 2.75) is 19.0 Å². The summed E-state index contributed by atoms with van der Waals surface area (Å²) in [4.78, 5) is 30.1. The molecule has 0 saturated carbocycles. The molecule has 29 heavy (non-hydrogen) atoms. The zero-order chi connectivity index (χ0) is 20.5. The average molecular weight is 404 g/mol. The number of rotatable bonds is 5. The van der Waals surface area contributed by atoms with Crippen molar-refractivity contribution in [2.75, 3.05) is 5.75 Å². The predicted octanol–water partition coefficient (Wildman–Crippen LogP) is 4.32. The van der Waals surface area contributed by atoms with E-state index in [9.17, 15) is 9.59 Å². The van der Waals surface area contributed by atoms with E-state index in [4.69, 9.17) is 0 Å². The number of aromatic nitrogens is 3. The maximum Gasteiger partial charge on any atom is 0.261 e. The van der Waals surface area contributed by atoms with E-state index >= 15 is 0 Å². The average Bonchev–Trinajstić information content (AvgIpc) is 3.04. The molecule has 0 aliphatic carbocycles. The lowest BCUT2D eigenvalue weighted by atomic mass is 10.2. The lowest BCUT2D eigenvalue weighted by molar-refractivity contribution is 0.102. The van der Waals surface area contributed by atoms with Crippen molar-refractivity contribution in [3.63, 3.8) is 0 Å². The van der Waals surface area contributed by atoms with E-state index in [0.29, 0.717) is 21.6 Å². The lowest BCUT2D eigenvalue weighted by Gasteiger charge is -2.10. The second-order valence-electron chi connectivity index (χ2n) is 6.94. The Balaban J connectivity index is 1.61. The summed E-state index contributed by atoms with van der Waals surface area (Å²) in [5.41, 5.74) is 4.20. The van der Waals surface area contributed by atoms with E-state index in [1.807, 2.05) is 68.4 Å². The molecule has 5 nitrogen and oxygen atoms in total. The molecule has 0 fully saturated rings. The van der Waals surface area contributed by atoms with Gasteiger partial charge in [0.25, 0.3) is 5.56 Å². The summed E-state index contributed by atoms with van der Waals surface area (Å²) in [6.45, 7) is 3.96. The second kappa shape index (κ2) is 7.72. The van der Waals surface area contributed by atoms with Gasteiger partial charge in [-0.15, -0.1) is 0 Å². The van der Waals surface area contributed by atoms with Crippen molar-refractivity contribution in [3.8, 4) is 5.69 Å². The van der Waals surface area contributed by atoms with Crippen molar-refractivity contribution in [3.05, 3.63) is 88.0 Å². The lowest BCUT2D eigenvalue weighted by Crippen LogP contribution is -2.20. The van der Waals surface area contributed by atoms with Crippen LogP contribution in [0.2, 0.25) is 0 Å². The molecule has 0 aliphatic heterocycles. The molecule has 146 valence electrons. The molecule has 0 aliphatic rings. The number of carbonyl (C=O) groups excluding carboxylic acids is 1. The van der Waals surface area contributed by atoms with Crippen LogP contribution in [-0.2, 0) is 7.05 Å². The molecule has 4 aromatic rings. The first-order valence-corrected chi connectivity index (χ1v) is 10.3. The Morgan fingerprint density at radius 1 is 1.03 bits per heavy atom. The molecule has 6 heteroatoms. The van der Waals surface area contributed by atoms with Gasteiger partial charge in [0.05, 0.1) is 16.7 Å². The third kappa shape index (κ3) is 3.51. The van der Waals surface area contributed by atoms with Crippen LogP contribution < -0.4 is 5.56 Å². The monoisotopic (exact) mass is 403 g/mol. The quantitative estimate of drug-likeness (QED) is 0.283. The van der Waals surface area contributed by atoms with Crippen LogP contribution >= 0.6 is 11.8 Å². The van der Waals surface area contributed by atoms with Crippen LogP contribution in [0, 0.1) is 13.8 Å². The van der Waals surface area contributed by atoms with Crippen LogP contribution in [0.1, 0.15) is 21.7 Å². The van der Waals surface area contributed by atoms with Gasteiger partial charge in [0, 0.05) is 29.7 Å². The molecule has 0 unspecified atom stereocenters. The topological polar surface area (TPSA) is 56.9 Å². The summed E-state index contributed by atoms with van der Waals surface area (Å²) in [5, 5.41) is 1.12. The molecule has 2 heterocycles. The highest BCUT2D eigenvalue weighted by atomic mass is 32.2. The van der Waals surface area contributed by atoms with E-state index < -0.39 is 0 Å². The molecule has 0 N–H and O–H groups in total. The minimum Gasteiger partial charge on any atom is -0.318 e. The van der Waals surface area contributed by atoms with Gasteiger partial charge >= 0.3 is 0 Å². The highest BCUT2D eigenvalue weighted by Gasteiger charge is 2.18. The van der Waals surface area contributed by atoms with Gasteiger partial charge in [-0.25, -0.2) is 4.98 Å². The summed E-state index contributed by atoms with van der Waals surface area (Å²) >= 11 is 1.29. The number of benzene rings is 2. The third-order valence-corrected chi connectivity index (χ3v) is 6.05. The van der Waals surface area contributed by atoms with Gasteiger partial charge < -0.3 is 4.57 Å². The Morgan fingerprint density at radius 3 is 2.48 bits per heavy atom. The van der Waals surface area contributed by atoms with Gasteiger partial charge in [-0.05, 0) is 44.2 Å². The molecule has 0 spiro atoms. The normalized spacial score (nSPS) is 11.1. The number of hydrogen-bond donors (Lipinski definition) is 0. The number of Topliss-reactive ketones (excluding diaryl/α,β-unsaturated/α-hetero) is 1. The maximum atomic E-state index is 12.9. The summed E-state index contributed by atoms with van der Waals surface area (Å²) in [6.07, 6.45) is 0. The summed E-state index contributed by atoms with van der Waals surface area (Å²) in [6, 6.07) is 19.2. The van der Waals surface area contributed by atoms with Gasteiger partial charge in [0.1, 0.15) is 0 Å². The molecule has 2 aromatic carbocycles. The van der Waals surface area contributed by atoms with Crippen molar-refractivity contribution < 1.29 is 4.79 Å². The second-order valence-corrected chi connectivity index (χ2v) is 7.89. The van der Waals surface area contributed by atoms with E-state index in [1.165, 1.54) is 16.3 Å². The summed E-state index contributed by atoms with van der Waals surface area (Å²) in [5.74, 6) is 0.241. The summed E-state index contributed by atoms with van der Waals surface area (Å²) in [7, 11) is 1.69. The van der Waals surface area contributed by atoms with Crippen LogP contribution in [0.15, 0.2) is 70.6 Å². The van der Waals surface area contributed by atoms with E-state index in [1.54, 1.807) is 13.1 Å². The zero-order valence-electron chi connectivity index (χ0n) is 16.5. The third-order valence-electron chi connectivity index (χ3n) is 5.02. The van der Waals surface area contributed by atoms with Crippen molar-refractivity contribution in [1.82, 2.24) is 14.1 Å². The first-order valence-electron chi connectivity index (χ1n) is 9.33. The number of aryl methyl sites for hydroxylation is 1. The largest absolute Gasteiger partial charge is 0.318 e. The van der Waals surface area contributed by atoms with Gasteiger partial charge in [-0.3, -0.25) is 14.2 Å². The van der Waals surface area contributed by atoms with Crippen LogP contribution in [0.25, 0.3) is 16.6 Å². The predicted molar refractivity (Wildman–Crippen MR) is 117 cm³/mol. The number of ketones is 1. The minimum absolute atomic E-state index is 0.0210. The van der Waals surface area contributed by atoms with Crippen molar-refractivity contribution in [1.29, 1.82) is 0 Å². The highest BCUT2D eigenvalue weighted by molar-refractivity contribution is 7.99. The molecular formula is C23H21N3O2S. The van der Waals surface area contributed by atoms with Gasteiger partial charge in [0.15, 0.2) is 10.9 Å². The molecule has 0 atom stereocenters. The molecule has 4 rings (SSSR count). The van der Waals surface area contributed by atoms with Crippen LogP contribution in [-0.4, -0.2) is 25.7 Å². The molecule has 2 aromatic heterocycles. The fourth-order valence-electron chi connectivity index (χ4n) is 3.55. The van der Waals surface area contributed by atoms with Gasteiger partial charge in [-0.2, -0.15) is 0 Å². The zero-order valence-corrected chi connectivity index (χ0v) is 17.4. The standard InChI is InChI=1S/C23H21N3O2S/c1-15-13-19(16(2)26(15)17-9-5-4-6-10-17)21(27)14-29-23-24-20-12-8-7-11-18(20)22(28)25(23)3/h4-13H,14H2,1-3H3. The van der Waals surface area contributed by atoms with Crippen LogP contribution in [0.4, 0.5) is 0 Å². The SMILES string of the molecule is Cc1cc(C(=O)CSc2nc3ccccc3c(=O)n2C)c(C)n1-c1ccccc1. The Labute approximate surface area is 173 Å². The number of nitrogens with zero attached hydrogens (tertiary/aromatic N) is 3. The van der Waals surface area contributed by atoms with Crippen molar-refractivity contribution in [2.24, 2.45) is 7.05 Å². The molecule has 0 bridgehead atoms. The minimum atomic E-state index is -0.104. The first kappa shape index (κ1) is 19.2. The number of hydrogen-bond acceptors (Lipinski definition) is 4. The fraction of sp³-hybridized carbons (Fsp3) is 0.174. The number of thioether (sulfide) groups is 1. The fourth-order valence-corrected chi connectivity index (χ4v) is 4.41. The molecule has 0 amide bonds. The van der Waals surface area contributed by atoms with Crippen molar-refractivity contribution >= 4 is 28.4 Å². The van der Waals surface area contributed by atoms with Gasteiger partial charge in [0.2, 0.25) is 0 Å². The van der Waals surface area contributed by atoms with Crippen LogP contribution in [0.3, 0.4) is 0 Å². The highest BCUT2D eigenvalue weighted by Crippen LogP contribution is 2.24.